The predicted octanol–water partition coefficient (Wildman–Crippen LogP) is 2.54. The first-order valence-corrected chi connectivity index (χ1v) is 11.8. The first-order valence-electron chi connectivity index (χ1n) is 10.3. The number of nitrogens with zero attached hydrogens (tertiary/aromatic N) is 3. The maximum Gasteiger partial charge on any atom is 0.243 e. The summed E-state index contributed by atoms with van der Waals surface area (Å²) in [5.41, 5.74) is 2.41. The lowest BCUT2D eigenvalue weighted by molar-refractivity contribution is -0.121. The molecular formula is C22H26N4O4S. The zero-order valence-electron chi connectivity index (χ0n) is 17.5. The summed E-state index contributed by atoms with van der Waals surface area (Å²) in [6.45, 7) is 2.05. The molecule has 1 aliphatic heterocycles. The topological polar surface area (TPSA) is 93.5 Å². The highest BCUT2D eigenvalue weighted by Crippen LogP contribution is 2.24. The number of ether oxygens (including phenoxy) is 1. The maximum absolute atomic E-state index is 12.8. The molecule has 1 aliphatic rings. The predicted molar refractivity (Wildman–Crippen MR) is 117 cm³/mol. The number of carbonyl (C=O) groups is 1. The fourth-order valence-electron chi connectivity index (χ4n) is 3.71. The molecule has 4 rings (SSSR count). The number of amides is 1. The van der Waals surface area contributed by atoms with Gasteiger partial charge in [-0.25, -0.2) is 13.4 Å². The van der Waals surface area contributed by atoms with Gasteiger partial charge in [0.25, 0.3) is 0 Å². The Morgan fingerprint density at radius 3 is 2.58 bits per heavy atom. The second-order valence-corrected chi connectivity index (χ2v) is 9.51. The van der Waals surface area contributed by atoms with Crippen molar-refractivity contribution in [2.24, 2.45) is 0 Å². The third-order valence-electron chi connectivity index (χ3n) is 5.52. The number of carbonyl (C=O) groups excluding carboxylic acids is 1. The molecule has 2 heterocycles. The fourth-order valence-corrected chi connectivity index (χ4v) is 5.25. The molecule has 8 nitrogen and oxygen atoms in total. The van der Waals surface area contributed by atoms with Crippen molar-refractivity contribution in [1.29, 1.82) is 0 Å². The van der Waals surface area contributed by atoms with Gasteiger partial charge < -0.3 is 14.6 Å². The van der Waals surface area contributed by atoms with Crippen LogP contribution in [0.25, 0.3) is 11.0 Å². The number of hydrogen-bond acceptors (Lipinski definition) is 5. The molecule has 1 saturated heterocycles. The Kier molecular flexibility index (Phi) is 6.24. The molecule has 1 fully saturated rings. The third-order valence-corrected chi connectivity index (χ3v) is 7.42. The molecule has 0 saturated carbocycles. The summed E-state index contributed by atoms with van der Waals surface area (Å²) in [6, 6.07) is 12.5. The van der Waals surface area contributed by atoms with E-state index in [2.05, 4.69) is 10.3 Å². The van der Waals surface area contributed by atoms with E-state index >= 15 is 0 Å². The number of sulfonamides is 1. The summed E-state index contributed by atoms with van der Waals surface area (Å²) in [4.78, 5) is 16.9. The molecule has 2 aromatic carbocycles. The van der Waals surface area contributed by atoms with E-state index in [0.29, 0.717) is 38.1 Å². The van der Waals surface area contributed by atoms with Gasteiger partial charge in [-0.05, 0) is 48.7 Å². The minimum Gasteiger partial charge on any atom is -0.497 e. The summed E-state index contributed by atoms with van der Waals surface area (Å²) in [6.07, 6.45) is 3.75. The van der Waals surface area contributed by atoms with Crippen molar-refractivity contribution in [3.8, 4) is 5.75 Å². The van der Waals surface area contributed by atoms with Crippen LogP contribution in [0.15, 0.2) is 53.7 Å². The van der Waals surface area contributed by atoms with E-state index in [1.807, 2.05) is 28.8 Å². The van der Waals surface area contributed by atoms with Crippen LogP contribution in [0.2, 0.25) is 0 Å². The lowest BCUT2D eigenvalue weighted by Gasteiger charge is -2.15. The number of rotatable bonds is 8. The monoisotopic (exact) mass is 442 g/mol. The molecule has 0 atom stereocenters. The van der Waals surface area contributed by atoms with Gasteiger partial charge in [0, 0.05) is 32.6 Å². The smallest absolute Gasteiger partial charge is 0.243 e. The number of aromatic nitrogens is 2. The van der Waals surface area contributed by atoms with Crippen LogP contribution in [0.4, 0.5) is 0 Å². The van der Waals surface area contributed by atoms with Crippen LogP contribution in [0.3, 0.4) is 0 Å². The molecule has 1 amide bonds. The molecule has 9 heteroatoms. The molecule has 3 aromatic rings. The normalized spacial score (nSPS) is 14.7. The molecule has 164 valence electrons. The fraction of sp³-hybridized carbons (Fsp3) is 0.364. The van der Waals surface area contributed by atoms with E-state index < -0.39 is 10.0 Å². The van der Waals surface area contributed by atoms with Crippen LogP contribution >= 0.6 is 0 Å². The Morgan fingerprint density at radius 1 is 1.13 bits per heavy atom. The molecule has 0 radical (unpaired) electrons. The number of benzene rings is 2. The van der Waals surface area contributed by atoms with Crippen LogP contribution in [-0.4, -0.2) is 48.4 Å². The summed E-state index contributed by atoms with van der Waals surface area (Å²) < 4.78 is 34.0. The first-order chi connectivity index (χ1) is 15.0. The van der Waals surface area contributed by atoms with Crippen molar-refractivity contribution in [2.45, 2.75) is 37.2 Å². The van der Waals surface area contributed by atoms with Crippen LogP contribution in [0.5, 0.6) is 5.75 Å². The van der Waals surface area contributed by atoms with Crippen molar-refractivity contribution in [1.82, 2.24) is 19.2 Å². The molecule has 0 spiro atoms. The number of hydrogen-bond donors (Lipinski definition) is 1. The van der Waals surface area contributed by atoms with Crippen molar-refractivity contribution in [3.63, 3.8) is 0 Å². The van der Waals surface area contributed by atoms with Crippen LogP contribution in [-0.2, 0) is 27.9 Å². The Balaban J connectivity index is 1.37. The molecule has 0 bridgehead atoms. The van der Waals surface area contributed by atoms with E-state index in [4.69, 9.17) is 4.74 Å². The molecule has 0 unspecified atom stereocenters. The van der Waals surface area contributed by atoms with Gasteiger partial charge in [0.15, 0.2) is 0 Å². The maximum atomic E-state index is 12.8. The van der Waals surface area contributed by atoms with Crippen molar-refractivity contribution >= 4 is 27.0 Å². The minimum atomic E-state index is -3.47. The Hall–Kier alpha value is -2.91. The number of methoxy groups -OCH3 is 1. The van der Waals surface area contributed by atoms with Crippen LogP contribution in [0, 0.1) is 0 Å². The second-order valence-electron chi connectivity index (χ2n) is 7.57. The molecule has 1 aromatic heterocycles. The van der Waals surface area contributed by atoms with Gasteiger partial charge in [-0.15, -0.1) is 0 Å². The van der Waals surface area contributed by atoms with Crippen molar-refractivity contribution in [2.75, 3.05) is 20.2 Å². The Morgan fingerprint density at radius 2 is 1.87 bits per heavy atom. The minimum absolute atomic E-state index is 0.0640. The van der Waals surface area contributed by atoms with Gasteiger partial charge in [-0.1, -0.05) is 12.1 Å². The van der Waals surface area contributed by atoms with E-state index in [1.54, 1.807) is 31.6 Å². The summed E-state index contributed by atoms with van der Waals surface area (Å²) in [5.74, 6) is 0.712. The van der Waals surface area contributed by atoms with E-state index in [-0.39, 0.29) is 10.8 Å². The van der Waals surface area contributed by atoms with Gasteiger partial charge in [-0.2, -0.15) is 4.31 Å². The second kappa shape index (κ2) is 9.07. The quantitative estimate of drug-likeness (QED) is 0.579. The van der Waals surface area contributed by atoms with E-state index in [9.17, 15) is 13.2 Å². The van der Waals surface area contributed by atoms with E-state index in [1.165, 1.54) is 4.31 Å². The summed E-state index contributed by atoms with van der Waals surface area (Å²) >= 11 is 0. The third kappa shape index (κ3) is 4.72. The highest BCUT2D eigenvalue weighted by Gasteiger charge is 2.27. The van der Waals surface area contributed by atoms with Crippen LogP contribution in [0.1, 0.15) is 24.8 Å². The molecule has 31 heavy (non-hydrogen) atoms. The van der Waals surface area contributed by atoms with Gasteiger partial charge >= 0.3 is 0 Å². The molecule has 1 N–H and O–H groups in total. The standard InChI is InChI=1S/C22H26N4O4S/c1-30-18-6-4-17(5-7-18)15-23-22(27)10-13-25-16-24-20-14-19(8-9-21(20)25)31(28,29)26-11-2-3-12-26/h4-9,14,16H,2-3,10-13,15H2,1H3,(H,23,27). The lowest BCUT2D eigenvalue weighted by Crippen LogP contribution is -2.27. The number of imidazole rings is 1. The molecular weight excluding hydrogens is 416 g/mol. The Labute approximate surface area is 181 Å². The SMILES string of the molecule is COc1ccc(CNC(=O)CCn2cnc3cc(S(=O)(=O)N4CCCC4)ccc32)cc1. The van der Waals surface area contributed by atoms with Crippen LogP contribution < -0.4 is 10.1 Å². The van der Waals surface area contributed by atoms with Gasteiger partial charge in [0.05, 0.1) is 29.4 Å². The largest absolute Gasteiger partial charge is 0.497 e. The number of nitrogens with one attached hydrogen (secondary N) is 1. The van der Waals surface area contributed by atoms with E-state index in [0.717, 1.165) is 29.7 Å². The Bertz CT molecular complexity index is 1170. The van der Waals surface area contributed by atoms with Gasteiger partial charge in [0.1, 0.15) is 5.75 Å². The zero-order chi connectivity index (χ0) is 21.8. The molecule has 0 aliphatic carbocycles. The highest BCUT2D eigenvalue weighted by molar-refractivity contribution is 7.89. The average Bonchev–Trinajstić information content (AvgIpc) is 3.47. The van der Waals surface area contributed by atoms with Crippen molar-refractivity contribution < 1.29 is 17.9 Å². The summed E-state index contributed by atoms with van der Waals surface area (Å²) in [7, 11) is -1.86. The van der Waals surface area contributed by atoms with Gasteiger partial charge in [-0.3, -0.25) is 4.79 Å². The average molecular weight is 443 g/mol. The number of aryl methyl sites for hydroxylation is 1. The first kappa shape index (κ1) is 21.3. The lowest BCUT2D eigenvalue weighted by atomic mass is 10.2. The zero-order valence-corrected chi connectivity index (χ0v) is 18.3. The highest BCUT2D eigenvalue weighted by atomic mass is 32.2. The number of fused-ring (bicyclic) bond motifs is 1. The van der Waals surface area contributed by atoms with Gasteiger partial charge in [0.2, 0.25) is 15.9 Å². The van der Waals surface area contributed by atoms with Crippen molar-refractivity contribution in [3.05, 3.63) is 54.4 Å². The summed E-state index contributed by atoms with van der Waals surface area (Å²) in [5, 5.41) is 2.91.